The van der Waals surface area contributed by atoms with Crippen LogP contribution in [0.25, 0.3) is 16.0 Å². The van der Waals surface area contributed by atoms with E-state index in [4.69, 9.17) is 0 Å². The van der Waals surface area contributed by atoms with E-state index in [0.29, 0.717) is 6.42 Å². The first-order valence-corrected chi connectivity index (χ1v) is 4.24. The van der Waals surface area contributed by atoms with Crippen molar-refractivity contribution < 1.29 is 26.5 Å². The third kappa shape index (κ3) is 480. The van der Waals surface area contributed by atoms with E-state index in [-0.39, 0.29) is 27.6 Å². The molecule has 1 radical (unpaired) electrons. The van der Waals surface area contributed by atoms with Gasteiger partial charge in [0.1, 0.15) is 0 Å². The molecule has 5 nitrogen and oxygen atoms in total. The summed E-state index contributed by atoms with van der Waals surface area (Å²) in [5.41, 5.74) is 4.65. The molecule has 15 heavy (non-hydrogen) atoms. The van der Waals surface area contributed by atoms with Gasteiger partial charge in [0.25, 0.3) is 0 Å². The van der Waals surface area contributed by atoms with Crippen LogP contribution in [0.2, 0.25) is 0 Å². The zero-order chi connectivity index (χ0) is 12.4. The van der Waals surface area contributed by atoms with Gasteiger partial charge in [-0.3, -0.25) is 4.79 Å². The monoisotopic (exact) mass is 253 g/mol. The number of hydrogen-bond donors (Lipinski definition) is 1. The summed E-state index contributed by atoms with van der Waals surface area (Å²) in [5.74, 6) is -0.245. The van der Waals surface area contributed by atoms with E-state index in [1.165, 1.54) is 0 Å². The van der Waals surface area contributed by atoms with Gasteiger partial charge in [-0.05, 0) is 0 Å². The maximum Gasteiger partial charge on any atom is 3.00 e. The van der Waals surface area contributed by atoms with Crippen molar-refractivity contribution >= 4 is 5.91 Å². The van der Waals surface area contributed by atoms with Crippen molar-refractivity contribution in [1.82, 2.24) is 0 Å². The smallest absolute Gasteiger partial charge is 0.668 e. The van der Waals surface area contributed by atoms with Crippen LogP contribution in [0.1, 0.15) is 13.3 Å². The molecule has 1 amide bonds. The average molecular weight is 253 g/mol. The van der Waals surface area contributed by atoms with Gasteiger partial charge in [-0.1, -0.05) is 6.92 Å². The predicted octanol–water partition coefficient (Wildman–Crippen LogP) is 1.74. The summed E-state index contributed by atoms with van der Waals surface area (Å²) in [7, 11) is 10.5. The second-order valence-corrected chi connectivity index (χ2v) is 2.16. The topological polar surface area (TPSA) is 85.4 Å². The third-order valence-electron chi connectivity index (χ3n) is 0.348. The second-order valence-electron chi connectivity index (χ2n) is 2.16. The first-order chi connectivity index (χ1) is 6.51. The Kier molecular flexibility index (Phi) is 94.3. The Morgan fingerprint density at radius 3 is 1.00 bits per heavy atom. The Labute approximate surface area is 110 Å². The summed E-state index contributed by atoms with van der Waals surface area (Å²) in [5, 5.41) is 10.5. The first kappa shape index (κ1) is 29.4. The van der Waals surface area contributed by atoms with Crippen molar-refractivity contribution in [2.75, 3.05) is 42.3 Å². The summed E-state index contributed by atoms with van der Waals surface area (Å²) in [4.78, 5) is 9.59. The average Bonchev–Trinajstić information content (AvgIpc) is 2.08. The van der Waals surface area contributed by atoms with E-state index in [2.05, 4.69) is 21.7 Å². The van der Waals surface area contributed by atoms with Crippen molar-refractivity contribution in [3.63, 3.8) is 0 Å². The molecule has 0 atom stereocenters. The Morgan fingerprint density at radius 1 is 0.933 bits per heavy atom. The Morgan fingerprint density at radius 2 is 1.00 bits per heavy atom. The molecule has 0 rings (SSSR count). The fourth-order valence-electron chi connectivity index (χ4n) is 0. The van der Waals surface area contributed by atoms with Gasteiger partial charge >= 0.3 is 21.7 Å². The molecule has 6 heteroatoms. The fraction of sp³-hybridized carbons (Fsp3) is 0.889. The van der Waals surface area contributed by atoms with Crippen LogP contribution in [0.4, 0.5) is 0 Å². The molecule has 0 saturated carbocycles. The van der Waals surface area contributed by atoms with Crippen LogP contribution in [0.5, 0.6) is 0 Å². The molecule has 0 aromatic rings. The van der Waals surface area contributed by atoms with Crippen LogP contribution in [0.3, 0.4) is 0 Å². The van der Waals surface area contributed by atoms with Crippen molar-refractivity contribution in [1.29, 1.82) is 0 Å². The van der Waals surface area contributed by atoms with E-state index in [0.717, 1.165) is 0 Å². The summed E-state index contributed by atoms with van der Waals surface area (Å²) in [6, 6.07) is 0. The summed E-state index contributed by atoms with van der Waals surface area (Å²) in [6.45, 7) is 1.72. The Bertz CT molecular complexity index is 79.8. The van der Waals surface area contributed by atoms with Crippen molar-refractivity contribution in [3.8, 4) is 0 Å². The summed E-state index contributed by atoms with van der Waals surface area (Å²) in [6.07, 6.45) is 0.444. The van der Waals surface area contributed by atoms with E-state index >= 15 is 0 Å². The molecule has 0 aliphatic heterocycles. The Hall–Kier alpha value is 0.0643. The fourth-order valence-corrected chi connectivity index (χ4v) is 0. The maximum absolute atomic E-state index is 9.59. The number of nitrogens with two attached hydrogens (primary N) is 1. The molecule has 91 valence electrons. The zero-order valence-electron chi connectivity index (χ0n) is 11.0. The number of carbonyl (C=O) groups is 1. The van der Waals surface area contributed by atoms with Crippen LogP contribution in [0.15, 0.2) is 0 Å². The van der Waals surface area contributed by atoms with E-state index in [1.807, 2.05) is 0 Å². The van der Waals surface area contributed by atoms with Crippen LogP contribution in [0, 0.1) is 0 Å². The van der Waals surface area contributed by atoms with Gasteiger partial charge in [0.05, 0.1) is 0 Å². The summed E-state index contributed by atoms with van der Waals surface area (Å²) >= 11 is 0. The van der Waals surface area contributed by atoms with Gasteiger partial charge in [0, 0.05) is 6.42 Å². The first-order valence-electron chi connectivity index (χ1n) is 4.24. The largest absolute Gasteiger partial charge is 3.00 e. The number of nitrogens with zero attached hydrogens (tertiary/aromatic N) is 3. The van der Waals surface area contributed by atoms with Crippen LogP contribution < -0.4 is 5.73 Å². The molecule has 0 aliphatic rings. The van der Waals surface area contributed by atoms with Gasteiger partial charge in [0.15, 0.2) is 0 Å². The molecule has 0 saturated heterocycles. The van der Waals surface area contributed by atoms with E-state index < -0.39 is 0 Å². The summed E-state index contributed by atoms with van der Waals surface area (Å²) < 4.78 is 0. The van der Waals surface area contributed by atoms with Crippen molar-refractivity contribution in [2.45, 2.75) is 13.3 Å². The van der Waals surface area contributed by atoms with E-state index in [9.17, 15) is 4.79 Å². The number of primary amides is 1. The molecule has 2 N–H and O–H groups in total. The number of hydrogen-bond acceptors (Lipinski definition) is 1. The molecule has 0 aromatic carbocycles. The van der Waals surface area contributed by atoms with E-state index in [1.54, 1.807) is 49.2 Å². The Balaban J connectivity index is -0.0000000300. The molecule has 0 fully saturated rings. The molecule has 0 bridgehead atoms. The maximum atomic E-state index is 9.59. The number of rotatable bonds is 1. The normalized spacial score (nSPS) is 6.07. The predicted molar refractivity (Wildman–Crippen MR) is 65.1 cm³/mol. The molecular weight excluding hydrogens is 228 g/mol. The molecule has 0 aromatic heterocycles. The molecule has 0 aliphatic carbocycles. The second kappa shape index (κ2) is 48.1. The zero-order valence-corrected chi connectivity index (χ0v) is 12.6. The van der Waals surface area contributed by atoms with Crippen LogP contribution in [-0.4, -0.2) is 48.2 Å². The molecular formula is C9H25N4OTi. The van der Waals surface area contributed by atoms with Gasteiger partial charge in [-0.2, -0.15) is 42.3 Å². The van der Waals surface area contributed by atoms with Gasteiger partial charge in [-0.15, -0.1) is 0 Å². The number of amides is 1. The minimum Gasteiger partial charge on any atom is -0.668 e. The third-order valence-corrected chi connectivity index (χ3v) is 0.348. The van der Waals surface area contributed by atoms with Crippen molar-refractivity contribution in [2.24, 2.45) is 5.73 Å². The van der Waals surface area contributed by atoms with Gasteiger partial charge < -0.3 is 21.7 Å². The van der Waals surface area contributed by atoms with Gasteiger partial charge in [0.2, 0.25) is 5.91 Å². The molecule has 0 unspecified atom stereocenters. The van der Waals surface area contributed by atoms with Crippen LogP contribution >= 0.6 is 0 Å². The quantitative estimate of drug-likeness (QED) is 0.709. The number of carbonyl (C=O) groups excluding carboxylic acids is 1. The van der Waals surface area contributed by atoms with Gasteiger partial charge in [-0.25, -0.2) is 0 Å². The van der Waals surface area contributed by atoms with Crippen LogP contribution in [-0.2, 0) is 26.5 Å². The SMILES string of the molecule is CCC(N)=O.C[N-]C.C[N-]C.C[N-]C.[Ti+3]. The van der Waals surface area contributed by atoms with Crippen molar-refractivity contribution in [3.05, 3.63) is 16.0 Å². The molecule has 0 heterocycles. The minimum absolute atomic E-state index is 0. The standard InChI is InChI=1S/C3H7NO.3C2H6N.Ti/c1-2-3(4)5;3*1-3-2;/h2H2,1H3,(H2,4,5);3*1-2H3;/q;3*-1;+3. The molecule has 0 spiro atoms. The minimum atomic E-state index is -0.245.